The topological polar surface area (TPSA) is 95.6 Å². The van der Waals surface area contributed by atoms with Gasteiger partial charge in [-0.3, -0.25) is 13.9 Å². The van der Waals surface area contributed by atoms with Crippen molar-refractivity contribution in [3.8, 4) is 0 Å². The summed E-state index contributed by atoms with van der Waals surface area (Å²) >= 11 is 1.14. The number of nitrogens with one attached hydrogen (secondary N) is 2. The quantitative estimate of drug-likeness (QED) is 0.583. The molecule has 4 rings (SSSR count). The zero-order valence-corrected chi connectivity index (χ0v) is 17.8. The van der Waals surface area contributed by atoms with Crippen LogP contribution in [-0.2, 0) is 26.0 Å². The molecule has 0 atom stereocenters. The molecule has 0 bridgehead atoms. The minimum Gasteiger partial charge on any atom is -0.318 e. The molecule has 10 heteroatoms. The molecule has 0 radical (unpaired) electrons. The van der Waals surface area contributed by atoms with E-state index >= 15 is 0 Å². The molecule has 0 spiro atoms. The summed E-state index contributed by atoms with van der Waals surface area (Å²) in [5.74, 6) is -2.69. The summed E-state index contributed by atoms with van der Waals surface area (Å²) < 4.78 is 41.3. The van der Waals surface area contributed by atoms with Crippen LogP contribution in [0.25, 0.3) is 0 Å². The molecule has 1 aliphatic rings. The maximum atomic E-state index is 13.7. The van der Waals surface area contributed by atoms with E-state index in [9.17, 15) is 22.4 Å². The van der Waals surface area contributed by atoms with Crippen LogP contribution in [-0.4, -0.2) is 26.8 Å². The van der Waals surface area contributed by atoms with Crippen molar-refractivity contribution in [1.82, 2.24) is 0 Å². The molecule has 0 saturated heterocycles. The van der Waals surface area contributed by atoms with Crippen LogP contribution < -0.4 is 14.9 Å². The van der Waals surface area contributed by atoms with E-state index in [0.717, 1.165) is 16.9 Å². The van der Waals surface area contributed by atoms with Crippen LogP contribution >= 0.6 is 11.3 Å². The van der Waals surface area contributed by atoms with Gasteiger partial charge >= 0.3 is 11.8 Å². The Balaban J connectivity index is 1.55. The van der Waals surface area contributed by atoms with Gasteiger partial charge < -0.3 is 10.6 Å². The molecule has 1 aliphatic heterocycles. The zero-order chi connectivity index (χ0) is 22.0. The number of thiophene rings is 1. The number of anilines is 3. The molecule has 160 valence electrons. The molecule has 0 saturated carbocycles. The van der Waals surface area contributed by atoms with Crippen LogP contribution in [0.3, 0.4) is 0 Å². The molecular formula is C21H18FN3O4S2. The van der Waals surface area contributed by atoms with Crippen molar-refractivity contribution < 1.29 is 22.4 Å². The number of halogens is 1. The van der Waals surface area contributed by atoms with E-state index in [0.29, 0.717) is 25.1 Å². The second-order valence-corrected chi connectivity index (χ2v) is 9.88. The fourth-order valence-electron chi connectivity index (χ4n) is 3.32. The van der Waals surface area contributed by atoms with Gasteiger partial charge in [-0.15, -0.1) is 11.3 Å². The Morgan fingerprint density at radius 3 is 2.52 bits per heavy atom. The number of fused-ring (bicyclic) bond motifs is 1. The van der Waals surface area contributed by atoms with Gasteiger partial charge in [0, 0.05) is 12.2 Å². The number of para-hydroxylation sites is 1. The molecule has 2 heterocycles. The van der Waals surface area contributed by atoms with Crippen LogP contribution in [0, 0.1) is 5.82 Å². The average Bonchev–Trinajstić information content (AvgIpc) is 3.30. The van der Waals surface area contributed by atoms with Crippen molar-refractivity contribution in [3.63, 3.8) is 0 Å². The summed E-state index contributed by atoms with van der Waals surface area (Å²) in [6.07, 6.45) is 1.38. The van der Waals surface area contributed by atoms with Crippen LogP contribution in [0.5, 0.6) is 0 Å². The minimum absolute atomic E-state index is 0.110. The Morgan fingerprint density at radius 1 is 1.00 bits per heavy atom. The maximum absolute atomic E-state index is 13.7. The number of hydrogen-bond donors (Lipinski definition) is 2. The molecule has 31 heavy (non-hydrogen) atoms. The summed E-state index contributed by atoms with van der Waals surface area (Å²) in [6.45, 7) is 0.318. The summed E-state index contributed by atoms with van der Waals surface area (Å²) in [7, 11) is -3.72. The molecule has 3 aromatic rings. The SMILES string of the molecule is O=C(Nc1ccc2c(c1)N(S(=O)(=O)c1cccs1)CCC2)C(=O)Nc1ccccc1F. The van der Waals surface area contributed by atoms with Gasteiger partial charge in [0.1, 0.15) is 10.0 Å². The van der Waals surface area contributed by atoms with Gasteiger partial charge in [-0.25, -0.2) is 12.8 Å². The third kappa shape index (κ3) is 4.30. The van der Waals surface area contributed by atoms with E-state index < -0.39 is 27.7 Å². The smallest absolute Gasteiger partial charge is 0.314 e. The third-order valence-corrected chi connectivity index (χ3v) is 7.97. The average molecular weight is 460 g/mol. The first-order valence-corrected chi connectivity index (χ1v) is 11.7. The van der Waals surface area contributed by atoms with E-state index in [4.69, 9.17) is 0 Å². The first-order chi connectivity index (χ1) is 14.9. The van der Waals surface area contributed by atoms with E-state index in [1.54, 1.807) is 29.6 Å². The molecule has 1 aromatic heterocycles. The van der Waals surface area contributed by atoms with Crippen molar-refractivity contribution in [2.24, 2.45) is 0 Å². The number of carbonyl (C=O) groups excluding carboxylic acids is 2. The van der Waals surface area contributed by atoms with Crippen molar-refractivity contribution in [3.05, 3.63) is 71.4 Å². The second kappa shape index (κ2) is 8.48. The third-order valence-electron chi connectivity index (χ3n) is 4.79. The van der Waals surface area contributed by atoms with E-state index in [2.05, 4.69) is 10.6 Å². The van der Waals surface area contributed by atoms with Gasteiger partial charge in [-0.05, 0) is 54.1 Å². The number of benzene rings is 2. The summed E-state index contributed by atoms with van der Waals surface area (Å²) in [5, 5.41) is 6.36. The summed E-state index contributed by atoms with van der Waals surface area (Å²) in [4.78, 5) is 24.4. The molecule has 0 aliphatic carbocycles. The highest BCUT2D eigenvalue weighted by atomic mass is 32.2. The molecule has 2 N–H and O–H groups in total. The first kappa shape index (κ1) is 21.0. The van der Waals surface area contributed by atoms with Gasteiger partial charge in [0.25, 0.3) is 10.0 Å². The Kier molecular flexibility index (Phi) is 5.75. The fraction of sp³-hybridized carbons (Fsp3) is 0.143. The van der Waals surface area contributed by atoms with Crippen LogP contribution in [0.4, 0.5) is 21.5 Å². The lowest BCUT2D eigenvalue weighted by Crippen LogP contribution is -2.35. The van der Waals surface area contributed by atoms with Crippen LogP contribution in [0.1, 0.15) is 12.0 Å². The van der Waals surface area contributed by atoms with Crippen molar-refractivity contribution in [1.29, 1.82) is 0 Å². The minimum atomic E-state index is -3.72. The number of aryl methyl sites for hydroxylation is 1. The highest BCUT2D eigenvalue weighted by Crippen LogP contribution is 2.35. The Hall–Kier alpha value is -3.24. The highest BCUT2D eigenvalue weighted by molar-refractivity contribution is 7.94. The Labute approximate surface area is 182 Å². The number of amides is 2. The standard InChI is InChI=1S/C21H18FN3O4S2/c22-16-6-1-2-7-17(16)24-21(27)20(26)23-15-10-9-14-5-3-11-25(18(14)13-15)31(28,29)19-8-4-12-30-19/h1-2,4,6-10,12-13H,3,5,11H2,(H,23,26)(H,24,27). The number of hydrogen-bond acceptors (Lipinski definition) is 5. The van der Waals surface area contributed by atoms with Crippen molar-refractivity contribution >= 4 is 50.2 Å². The Morgan fingerprint density at radius 2 is 1.77 bits per heavy atom. The normalized spacial score (nSPS) is 13.4. The predicted molar refractivity (Wildman–Crippen MR) is 117 cm³/mol. The zero-order valence-electron chi connectivity index (χ0n) is 16.2. The molecule has 2 aromatic carbocycles. The lowest BCUT2D eigenvalue weighted by molar-refractivity contribution is -0.133. The van der Waals surface area contributed by atoms with E-state index in [1.165, 1.54) is 34.6 Å². The fourth-order valence-corrected chi connectivity index (χ4v) is 5.95. The van der Waals surface area contributed by atoms with E-state index in [1.807, 2.05) is 0 Å². The van der Waals surface area contributed by atoms with Gasteiger partial charge in [0.15, 0.2) is 0 Å². The molecule has 0 unspecified atom stereocenters. The van der Waals surface area contributed by atoms with E-state index in [-0.39, 0.29) is 15.6 Å². The second-order valence-electron chi connectivity index (χ2n) is 6.84. The van der Waals surface area contributed by atoms with Crippen molar-refractivity contribution in [2.75, 3.05) is 21.5 Å². The first-order valence-electron chi connectivity index (χ1n) is 9.42. The molecule has 0 fully saturated rings. The van der Waals surface area contributed by atoms with Crippen LogP contribution in [0.2, 0.25) is 0 Å². The summed E-state index contributed by atoms with van der Waals surface area (Å²) in [5.41, 5.74) is 1.45. The number of carbonyl (C=O) groups is 2. The molecule has 2 amide bonds. The molecule has 7 nitrogen and oxygen atoms in total. The van der Waals surface area contributed by atoms with Crippen LogP contribution in [0.15, 0.2) is 64.2 Å². The van der Waals surface area contributed by atoms with Gasteiger partial charge in [0.05, 0.1) is 11.4 Å². The Bertz CT molecular complexity index is 1240. The van der Waals surface area contributed by atoms with Gasteiger partial charge in [-0.1, -0.05) is 24.3 Å². The lowest BCUT2D eigenvalue weighted by atomic mass is 10.0. The number of sulfonamides is 1. The van der Waals surface area contributed by atoms with Crippen molar-refractivity contribution in [2.45, 2.75) is 17.1 Å². The highest BCUT2D eigenvalue weighted by Gasteiger charge is 2.30. The number of rotatable bonds is 4. The van der Waals surface area contributed by atoms with Gasteiger partial charge in [-0.2, -0.15) is 0 Å². The number of nitrogens with zero attached hydrogens (tertiary/aromatic N) is 1. The lowest BCUT2D eigenvalue weighted by Gasteiger charge is -2.30. The van der Waals surface area contributed by atoms with Gasteiger partial charge in [0.2, 0.25) is 0 Å². The largest absolute Gasteiger partial charge is 0.318 e. The predicted octanol–water partition coefficient (Wildman–Crippen LogP) is 3.61. The molecular weight excluding hydrogens is 441 g/mol. The maximum Gasteiger partial charge on any atom is 0.314 e. The monoisotopic (exact) mass is 459 g/mol. The summed E-state index contributed by atoms with van der Waals surface area (Å²) in [6, 6.07) is 13.6.